The van der Waals surface area contributed by atoms with Crippen LogP contribution in [0.5, 0.6) is 0 Å². The van der Waals surface area contributed by atoms with Gasteiger partial charge in [-0.3, -0.25) is 14.9 Å². The highest BCUT2D eigenvalue weighted by atomic mass is 35.5. The Kier molecular flexibility index (Phi) is 7.62. The molecule has 1 unspecified atom stereocenters. The molecule has 0 saturated carbocycles. The van der Waals surface area contributed by atoms with Crippen LogP contribution in [-0.4, -0.2) is 34.9 Å². The van der Waals surface area contributed by atoms with E-state index >= 15 is 0 Å². The zero-order valence-electron chi connectivity index (χ0n) is 15.1. The number of nitrogens with two attached hydrogens (primary N) is 1. The van der Waals surface area contributed by atoms with Gasteiger partial charge < -0.3 is 16.0 Å². The first-order valence-corrected chi connectivity index (χ1v) is 9.16. The second kappa shape index (κ2) is 9.73. The first-order chi connectivity index (χ1) is 13.0. The number of anilines is 1. The van der Waals surface area contributed by atoms with Crippen molar-refractivity contribution in [1.82, 2.24) is 4.90 Å². The fraction of sp³-hybridized carbons (Fsp3) is 0.316. The maximum Gasteiger partial charge on any atom is 0.293 e. The third kappa shape index (κ3) is 4.73. The number of hydrogen-bond donors (Lipinski definition) is 2. The van der Waals surface area contributed by atoms with E-state index in [2.05, 4.69) is 5.32 Å². The number of nitro benzene ring substituents is 1. The molecule has 0 aromatic heterocycles. The van der Waals surface area contributed by atoms with E-state index in [-0.39, 0.29) is 30.0 Å². The Morgan fingerprint density at radius 3 is 2.75 bits per heavy atom. The maximum absolute atomic E-state index is 12.7. The second-order valence-corrected chi connectivity index (χ2v) is 6.87. The number of nitrogens with one attached hydrogen (secondary N) is 1. The van der Waals surface area contributed by atoms with E-state index in [1.807, 2.05) is 18.2 Å². The Labute approximate surface area is 174 Å². The predicted octanol–water partition coefficient (Wildman–Crippen LogP) is 3.85. The number of rotatable bonds is 6. The molecule has 7 nitrogen and oxygen atoms in total. The number of hydrogen-bond acceptors (Lipinski definition) is 5. The van der Waals surface area contributed by atoms with E-state index < -0.39 is 4.92 Å². The summed E-state index contributed by atoms with van der Waals surface area (Å²) in [4.78, 5) is 25.5. The van der Waals surface area contributed by atoms with Crippen LogP contribution in [0.1, 0.15) is 28.8 Å². The minimum absolute atomic E-state index is 0. The van der Waals surface area contributed by atoms with Crippen molar-refractivity contribution in [1.29, 1.82) is 0 Å². The number of likely N-dealkylation sites (tertiary alicyclic amines) is 1. The van der Waals surface area contributed by atoms with E-state index in [1.54, 1.807) is 23.1 Å². The van der Waals surface area contributed by atoms with Gasteiger partial charge in [0.2, 0.25) is 0 Å². The van der Waals surface area contributed by atoms with Crippen molar-refractivity contribution < 1.29 is 9.72 Å². The molecule has 3 rings (SSSR count). The van der Waals surface area contributed by atoms with Crippen LogP contribution < -0.4 is 11.1 Å². The lowest BCUT2D eigenvalue weighted by Crippen LogP contribution is -2.39. The standard InChI is InChI=1S/C19H21ClN4O3.ClH/c20-16-6-2-1-4-14(16)12-22-17-8-7-13(10-18(17)24(26)27)19(25)23-9-3-5-15(23)11-21;/h1-2,4,6-8,10,15,22H,3,5,9,11-12,21H2;1H. The molecular formula is C19H22Cl2N4O3. The van der Waals surface area contributed by atoms with Crippen molar-refractivity contribution in [3.05, 3.63) is 68.7 Å². The minimum atomic E-state index is -0.490. The average molecular weight is 425 g/mol. The number of benzene rings is 2. The summed E-state index contributed by atoms with van der Waals surface area (Å²) in [7, 11) is 0. The van der Waals surface area contributed by atoms with Gasteiger partial charge in [0, 0.05) is 42.3 Å². The van der Waals surface area contributed by atoms with Gasteiger partial charge in [0.15, 0.2) is 0 Å². The Morgan fingerprint density at radius 2 is 2.07 bits per heavy atom. The quantitative estimate of drug-likeness (QED) is 0.541. The highest BCUT2D eigenvalue weighted by Crippen LogP contribution is 2.29. The maximum atomic E-state index is 12.7. The zero-order valence-corrected chi connectivity index (χ0v) is 16.7. The minimum Gasteiger partial charge on any atom is -0.375 e. The van der Waals surface area contributed by atoms with Gasteiger partial charge in [-0.1, -0.05) is 29.8 Å². The van der Waals surface area contributed by atoms with Crippen molar-refractivity contribution in [2.45, 2.75) is 25.4 Å². The molecule has 0 spiro atoms. The van der Waals surface area contributed by atoms with E-state index in [0.717, 1.165) is 18.4 Å². The summed E-state index contributed by atoms with van der Waals surface area (Å²) < 4.78 is 0. The fourth-order valence-corrected chi connectivity index (χ4v) is 3.51. The summed E-state index contributed by atoms with van der Waals surface area (Å²) >= 11 is 6.13. The summed E-state index contributed by atoms with van der Waals surface area (Å²) in [5, 5.41) is 15.1. The van der Waals surface area contributed by atoms with Crippen LogP contribution in [0.15, 0.2) is 42.5 Å². The second-order valence-electron chi connectivity index (χ2n) is 6.46. The monoisotopic (exact) mass is 424 g/mol. The first-order valence-electron chi connectivity index (χ1n) is 8.78. The third-order valence-electron chi connectivity index (χ3n) is 4.78. The van der Waals surface area contributed by atoms with Gasteiger partial charge >= 0.3 is 0 Å². The number of nitrogens with zero attached hydrogens (tertiary/aromatic N) is 2. The van der Waals surface area contributed by atoms with E-state index in [4.69, 9.17) is 17.3 Å². The highest BCUT2D eigenvalue weighted by Gasteiger charge is 2.29. The Morgan fingerprint density at radius 1 is 1.32 bits per heavy atom. The number of nitro groups is 1. The van der Waals surface area contributed by atoms with Crippen LogP contribution >= 0.6 is 24.0 Å². The number of carbonyl (C=O) groups is 1. The molecule has 3 N–H and O–H groups in total. The van der Waals surface area contributed by atoms with Crippen LogP contribution in [0.3, 0.4) is 0 Å². The molecule has 2 aromatic rings. The molecule has 1 atom stereocenters. The van der Waals surface area contributed by atoms with Crippen molar-refractivity contribution in [3.8, 4) is 0 Å². The molecule has 0 aliphatic carbocycles. The Hall–Kier alpha value is -2.35. The van der Waals surface area contributed by atoms with Crippen molar-refractivity contribution >= 4 is 41.3 Å². The number of amides is 1. The molecule has 9 heteroatoms. The molecule has 150 valence electrons. The average Bonchev–Trinajstić information content (AvgIpc) is 3.15. The van der Waals surface area contributed by atoms with Crippen LogP contribution in [0.2, 0.25) is 5.02 Å². The molecule has 0 radical (unpaired) electrons. The lowest BCUT2D eigenvalue weighted by molar-refractivity contribution is -0.384. The van der Waals surface area contributed by atoms with Crippen LogP contribution in [0, 0.1) is 10.1 Å². The molecule has 2 aromatic carbocycles. The van der Waals surface area contributed by atoms with Gasteiger partial charge in [0.1, 0.15) is 5.69 Å². The summed E-state index contributed by atoms with van der Waals surface area (Å²) in [6.45, 7) is 1.36. The number of carbonyl (C=O) groups excluding carboxylic acids is 1. The van der Waals surface area contributed by atoms with Crippen LogP contribution in [0.25, 0.3) is 0 Å². The Bertz CT molecular complexity index is 863. The van der Waals surface area contributed by atoms with Gasteiger partial charge in [-0.05, 0) is 36.6 Å². The van der Waals surface area contributed by atoms with E-state index in [9.17, 15) is 14.9 Å². The van der Waals surface area contributed by atoms with Gasteiger partial charge in [0.25, 0.3) is 11.6 Å². The predicted molar refractivity (Wildman–Crippen MR) is 112 cm³/mol. The molecular weight excluding hydrogens is 403 g/mol. The smallest absolute Gasteiger partial charge is 0.293 e. The molecule has 1 aliphatic rings. The molecule has 1 fully saturated rings. The molecule has 1 saturated heterocycles. The highest BCUT2D eigenvalue weighted by molar-refractivity contribution is 6.31. The van der Waals surface area contributed by atoms with Crippen LogP contribution in [-0.2, 0) is 6.54 Å². The van der Waals surface area contributed by atoms with Crippen molar-refractivity contribution in [2.75, 3.05) is 18.4 Å². The third-order valence-corrected chi connectivity index (χ3v) is 5.15. The van der Waals surface area contributed by atoms with Gasteiger partial charge in [0.05, 0.1) is 4.92 Å². The topological polar surface area (TPSA) is 102 Å². The lowest BCUT2D eigenvalue weighted by atomic mass is 10.1. The molecule has 1 aliphatic heterocycles. The summed E-state index contributed by atoms with van der Waals surface area (Å²) in [6, 6.07) is 11.8. The molecule has 1 heterocycles. The van der Waals surface area contributed by atoms with Gasteiger partial charge in [-0.2, -0.15) is 0 Å². The summed E-state index contributed by atoms with van der Waals surface area (Å²) in [5.41, 5.74) is 7.05. The van der Waals surface area contributed by atoms with E-state index in [0.29, 0.717) is 35.9 Å². The molecule has 28 heavy (non-hydrogen) atoms. The zero-order chi connectivity index (χ0) is 19.4. The molecule has 1 amide bonds. The molecule has 0 bridgehead atoms. The lowest BCUT2D eigenvalue weighted by Gasteiger charge is -2.23. The number of halogens is 2. The normalized spacial score (nSPS) is 15.8. The van der Waals surface area contributed by atoms with E-state index in [1.165, 1.54) is 6.07 Å². The van der Waals surface area contributed by atoms with Gasteiger partial charge in [-0.15, -0.1) is 12.4 Å². The first kappa shape index (κ1) is 21.9. The largest absolute Gasteiger partial charge is 0.375 e. The fourth-order valence-electron chi connectivity index (χ4n) is 3.31. The van der Waals surface area contributed by atoms with Gasteiger partial charge in [-0.25, -0.2) is 0 Å². The van der Waals surface area contributed by atoms with Crippen LogP contribution in [0.4, 0.5) is 11.4 Å². The van der Waals surface area contributed by atoms with Crippen molar-refractivity contribution in [2.24, 2.45) is 5.73 Å². The summed E-state index contributed by atoms with van der Waals surface area (Å²) in [5.74, 6) is -0.219. The SMILES string of the molecule is Cl.NCC1CCCN1C(=O)c1ccc(NCc2ccccc2Cl)c([N+](=O)[O-])c1. The summed E-state index contributed by atoms with van der Waals surface area (Å²) in [6.07, 6.45) is 1.76. The Balaban J connectivity index is 0.00000280. The van der Waals surface area contributed by atoms with Crippen molar-refractivity contribution in [3.63, 3.8) is 0 Å².